The summed E-state index contributed by atoms with van der Waals surface area (Å²) in [4.78, 5) is 14.0. The van der Waals surface area contributed by atoms with Gasteiger partial charge in [0.05, 0.1) is 18.8 Å². The molecule has 5 nitrogen and oxygen atoms in total. The predicted octanol–water partition coefficient (Wildman–Crippen LogP) is 2.57. The Hall–Kier alpha value is -1.59. The van der Waals surface area contributed by atoms with Crippen molar-refractivity contribution in [3.63, 3.8) is 0 Å². The maximum absolute atomic E-state index is 11.7. The Bertz CT molecular complexity index is 492. The molecule has 5 heteroatoms. The van der Waals surface area contributed by atoms with E-state index in [-0.39, 0.29) is 12.1 Å². The fraction of sp³-hybridized carbons (Fsp3) is 0.611. The maximum Gasteiger partial charge on any atom is 0.407 e. The van der Waals surface area contributed by atoms with Gasteiger partial charge in [-0.05, 0) is 24.8 Å². The van der Waals surface area contributed by atoms with Crippen molar-refractivity contribution >= 4 is 6.09 Å². The summed E-state index contributed by atoms with van der Waals surface area (Å²) < 4.78 is 4.94. The molecule has 1 fully saturated rings. The molecule has 1 aliphatic rings. The van der Waals surface area contributed by atoms with Crippen molar-refractivity contribution in [2.24, 2.45) is 5.92 Å². The van der Waals surface area contributed by atoms with Gasteiger partial charge >= 0.3 is 6.09 Å². The van der Waals surface area contributed by atoms with Crippen LogP contribution in [-0.4, -0.2) is 47.9 Å². The van der Waals surface area contributed by atoms with Crippen molar-refractivity contribution in [3.8, 4) is 0 Å². The Morgan fingerprint density at radius 1 is 1.39 bits per heavy atom. The first-order valence-corrected chi connectivity index (χ1v) is 8.43. The Morgan fingerprint density at radius 2 is 2.09 bits per heavy atom. The van der Waals surface area contributed by atoms with Crippen LogP contribution in [0, 0.1) is 5.92 Å². The molecule has 0 spiro atoms. The van der Waals surface area contributed by atoms with Crippen molar-refractivity contribution in [2.75, 3.05) is 19.7 Å². The first-order chi connectivity index (χ1) is 11.0. The number of ether oxygens (including phenoxy) is 1. The first-order valence-electron chi connectivity index (χ1n) is 8.43. The van der Waals surface area contributed by atoms with E-state index in [1.165, 1.54) is 5.56 Å². The molecule has 128 valence electrons. The molecule has 1 aliphatic heterocycles. The number of alkyl carbamates (subject to hydrolysis) is 1. The summed E-state index contributed by atoms with van der Waals surface area (Å²) in [7, 11) is 0. The topological polar surface area (TPSA) is 61.8 Å². The summed E-state index contributed by atoms with van der Waals surface area (Å²) in [6.07, 6.45) is -0.342. The second kappa shape index (κ2) is 8.31. The third kappa shape index (κ3) is 4.69. The number of carbonyl (C=O) groups is 1. The lowest BCUT2D eigenvalue weighted by Gasteiger charge is -2.42. The number of amides is 1. The molecule has 0 saturated carbocycles. The summed E-state index contributed by atoms with van der Waals surface area (Å²) in [5.74, 6) is 0.441. The minimum absolute atomic E-state index is 0.273. The van der Waals surface area contributed by atoms with E-state index in [0.29, 0.717) is 25.5 Å². The van der Waals surface area contributed by atoms with Gasteiger partial charge in [-0.3, -0.25) is 4.90 Å². The molecule has 1 aromatic rings. The molecule has 2 N–H and O–H groups in total. The molecule has 0 aliphatic carbocycles. The molecule has 1 heterocycles. The predicted molar refractivity (Wildman–Crippen MR) is 90.2 cm³/mol. The average molecular weight is 320 g/mol. The molecule has 0 bridgehead atoms. The average Bonchev–Trinajstić information content (AvgIpc) is 2.51. The number of aliphatic hydroxyl groups excluding tert-OH is 1. The van der Waals surface area contributed by atoms with E-state index in [2.05, 4.69) is 48.3 Å². The zero-order valence-corrected chi connectivity index (χ0v) is 14.2. The number of nitrogens with zero attached hydrogens (tertiary/aromatic N) is 1. The SMILES string of the molecule is CCOC(=O)N[C@@H]1CN(C(c2ccccc2)C(C)C)CC[C@H]1O. The lowest BCUT2D eigenvalue weighted by Crippen LogP contribution is -2.56. The summed E-state index contributed by atoms with van der Waals surface area (Å²) in [6.45, 7) is 7.95. The highest BCUT2D eigenvalue weighted by Crippen LogP contribution is 2.31. The van der Waals surface area contributed by atoms with Gasteiger partial charge in [-0.1, -0.05) is 44.2 Å². The van der Waals surface area contributed by atoms with Gasteiger partial charge in [0, 0.05) is 19.1 Å². The summed E-state index contributed by atoms with van der Waals surface area (Å²) in [6, 6.07) is 10.4. The van der Waals surface area contributed by atoms with Crippen molar-refractivity contribution in [2.45, 2.75) is 45.4 Å². The van der Waals surface area contributed by atoms with Crippen LogP contribution in [0.25, 0.3) is 0 Å². The molecule has 1 aromatic carbocycles. The van der Waals surface area contributed by atoms with Crippen LogP contribution >= 0.6 is 0 Å². The highest BCUT2D eigenvalue weighted by atomic mass is 16.5. The number of rotatable bonds is 5. The van der Waals surface area contributed by atoms with E-state index >= 15 is 0 Å². The van der Waals surface area contributed by atoms with Gasteiger partial charge in [0.15, 0.2) is 0 Å². The summed E-state index contributed by atoms with van der Waals surface area (Å²) >= 11 is 0. The van der Waals surface area contributed by atoms with E-state index in [0.717, 1.165) is 6.54 Å². The number of hydrogen-bond donors (Lipinski definition) is 2. The number of benzene rings is 1. The fourth-order valence-electron chi connectivity index (χ4n) is 3.35. The molecular formula is C18H28N2O3. The summed E-state index contributed by atoms with van der Waals surface area (Å²) in [5, 5.41) is 13.0. The zero-order chi connectivity index (χ0) is 16.8. The number of aliphatic hydroxyl groups is 1. The number of hydrogen-bond acceptors (Lipinski definition) is 4. The van der Waals surface area contributed by atoms with Crippen molar-refractivity contribution in [1.82, 2.24) is 10.2 Å². The Labute approximate surface area is 138 Å². The molecule has 1 amide bonds. The second-order valence-corrected chi connectivity index (χ2v) is 6.42. The molecule has 23 heavy (non-hydrogen) atoms. The number of carbonyl (C=O) groups excluding carboxylic acids is 1. The lowest BCUT2D eigenvalue weighted by molar-refractivity contribution is 0.0176. The van der Waals surface area contributed by atoms with E-state index in [4.69, 9.17) is 4.74 Å². The highest BCUT2D eigenvalue weighted by Gasteiger charge is 2.34. The molecule has 1 unspecified atom stereocenters. The third-order valence-electron chi connectivity index (χ3n) is 4.35. The van der Waals surface area contributed by atoms with Crippen LogP contribution in [0.15, 0.2) is 30.3 Å². The minimum Gasteiger partial charge on any atom is -0.450 e. The van der Waals surface area contributed by atoms with Crippen LogP contribution in [0.1, 0.15) is 38.8 Å². The summed E-state index contributed by atoms with van der Waals surface area (Å²) in [5.41, 5.74) is 1.27. The van der Waals surface area contributed by atoms with E-state index in [1.54, 1.807) is 6.92 Å². The van der Waals surface area contributed by atoms with Crippen LogP contribution in [0.5, 0.6) is 0 Å². The highest BCUT2D eigenvalue weighted by molar-refractivity contribution is 5.67. The zero-order valence-electron chi connectivity index (χ0n) is 14.2. The fourth-order valence-corrected chi connectivity index (χ4v) is 3.35. The van der Waals surface area contributed by atoms with Gasteiger partial charge in [0.2, 0.25) is 0 Å². The Morgan fingerprint density at radius 3 is 2.70 bits per heavy atom. The van der Waals surface area contributed by atoms with Gasteiger partial charge in [0.1, 0.15) is 0 Å². The Balaban J connectivity index is 2.10. The van der Waals surface area contributed by atoms with Crippen LogP contribution in [0.3, 0.4) is 0 Å². The van der Waals surface area contributed by atoms with Crippen LogP contribution in [0.2, 0.25) is 0 Å². The molecular weight excluding hydrogens is 292 g/mol. The number of likely N-dealkylation sites (tertiary alicyclic amines) is 1. The van der Waals surface area contributed by atoms with E-state index < -0.39 is 12.2 Å². The number of piperidine rings is 1. The standard InChI is InChI=1S/C18H28N2O3/c1-4-23-18(22)19-15-12-20(11-10-16(15)21)17(13(2)3)14-8-6-5-7-9-14/h5-9,13,15-17,21H,4,10-12H2,1-3H3,(H,19,22)/t15-,16-,17?/m1/s1. The van der Waals surface area contributed by atoms with Gasteiger partial charge in [-0.25, -0.2) is 4.79 Å². The van der Waals surface area contributed by atoms with E-state index in [9.17, 15) is 9.90 Å². The normalized spacial score (nSPS) is 23.5. The largest absolute Gasteiger partial charge is 0.450 e. The van der Waals surface area contributed by atoms with Gasteiger partial charge in [-0.2, -0.15) is 0 Å². The van der Waals surface area contributed by atoms with Crippen LogP contribution in [-0.2, 0) is 4.74 Å². The van der Waals surface area contributed by atoms with Gasteiger partial charge in [-0.15, -0.1) is 0 Å². The third-order valence-corrected chi connectivity index (χ3v) is 4.35. The second-order valence-electron chi connectivity index (χ2n) is 6.42. The van der Waals surface area contributed by atoms with E-state index in [1.807, 2.05) is 6.07 Å². The first kappa shape index (κ1) is 17.8. The van der Waals surface area contributed by atoms with Gasteiger partial charge < -0.3 is 15.2 Å². The molecule has 1 saturated heterocycles. The minimum atomic E-state index is -0.528. The molecule has 3 atom stereocenters. The number of nitrogens with one attached hydrogen (secondary N) is 1. The van der Waals surface area contributed by atoms with Crippen LogP contribution in [0.4, 0.5) is 4.79 Å². The maximum atomic E-state index is 11.7. The monoisotopic (exact) mass is 320 g/mol. The lowest BCUT2D eigenvalue weighted by atomic mass is 9.91. The van der Waals surface area contributed by atoms with Gasteiger partial charge in [0.25, 0.3) is 0 Å². The smallest absolute Gasteiger partial charge is 0.407 e. The van der Waals surface area contributed by atoms with Crippen molar-refractivity contribution in [3.05, 3.63) is 35.9 Å². The van der Waals surface area contributed by atoms with Crippen molar-refractivity contribution in [1.29, 1.82) is 0 Å². The molecule has 0 radical (unpaired) electrons. The Kier molecular flexibility index (Phi) is 6.42. The van der Waals surface area contributed by atoms with Crippen LogP contribution < -0.4 is 5.32 Å². The quantitative estimate of drug-likeness (QED) is 0.875. The molecule has 2 rings (SSSR count). The molecule has 0 aromatic heterocycles. The van der Waals surface area contributed by atoms with Crippen molar-refractivity contribution < 1.29 is 14.6 Å².